The zero-order valence-electron chi connectivity index (χ0n) is 14.2. The van der Waals surface area contributed by atoms with Crippen LogP contribution < -0.4 is 0 Å². The van der Waals surface area contributed by atoms with Gasteiger partial charge in [-0.15, -0.1) is 0 Å². The fourth-order valence-corrected chi connectivity index (χ4v) is 3.93. The molecule has 24 heavy (non-hydrogen) atoms. The van der Waals surface area contributed by atoms with Crippen LogP contribution in [0.15, 0.2) is 16.6 Å². The highest BCUT2D eigenvalue weighted by molar-refractivity contribution is 9.10. The monoisotopic (exact) mass is 394 g/mol. The van der Waals surface area contributed by atoms with Crippen LogP contribution in [0, 0.1) is 12.7 Å². The summed E-state index contributed by atoms with van der Waals surface area (Å²) in [6, 6.07) is 3.68. The van der Waals surface area contributed by atoms with Gasteiger partial charge in [0.1, 0.15) is 11.6 Å². The minimum absolute atomic E-state index is 0.257. The van der Waals surface area contributed by atoms with Crippen molar-refractivity contribution in [3.8, 4) is 11.4 Å². The summed E-state index contributed by atoms with van der Waals surface area (Å²) in [6.07, 6.45) is 1.91. The average molecular weight is 395 g/mol. The van der Waals surface area contributed by atoms with Crippen molar-refractivity contribution in [3.63, 3.8) is 0 Å². The Bertz CT molecular complexity index is 810. The lowest BCUT2D eigenvalue weighted by Crippen LogP contribution is -2.24. The maximum atomic E-state index is 13.9. The molecule has 128 valence electrons. The molecule has 0 radical (unpaired) electrons. The number of rotatable bonds is 1. The van der Waals surface area contributed by atoms with E-state index in [0.29, 0.717) is 22.1 Å². The van der Waals surface area contributed by atoms with Crippen LogP contribution in [0.25, 0.3) is 11.4 Å². The molecule has 0 atom stereocenters. The maximum absolute atomic E-state index is 13.9. The van der Waals surface area contributed by atoms with Crippen molar-refractivity contribution in [3.05, 3.63) is 39.4 Å². The second kappa shape index (κ2) is 6.31. The maximum Gasteiger partial charge on any atom is 0.358 e. The molecule has 4 nitrogen and oxygen atoms in total. The van der Waals surface area contributed by atoms with Gasteiger partial charge in [0.25, 0.3) is 0 Å². The quantitative estimate of drug-likeness (QED) is 0.638. The highest BCUT2D eigenvalue weighted by Gasteiger charge is 2.41. The lowest BCUT2D eigenvalue weighted by atomic mass is 9.75. The molecule has 2 aliphatic heterocycles. The highest BCUT2D eigenvalue weighted by atomic mass is 79.9. The molecule has 0 amide bonds. The van der Waals surface area contributed by atoms with Gasteiger partial charge in [-0.2, -0.15) is 0 Å². The number of aromatic nitrogens is 2. The second-order valence-corrected chi connectivity index (χ2v) is 6.76. The second-order valence-electron chi connectivity index (χ2n) is 5.91. The molecule has 2 bridgehead atoms. The minimum atomic E-state index is -0.434. The minimum Gasteiger partial charge on any atom is -0.464 e. The summed E-state index contributed by atoms with van der Waals surface area (Å²) in [7, 11) is 1.35. The standard InChI is InChI=1S/C16H14BrFN2O2.C2H6/c1-7-14(16(21)22-2)19-15-11-5-12(17)13(18)6-10(11)8-3-9(4-8)20(7)15;1-2/h5-6,8-9H,3-4H2,1-2H3;1-2H3. The number of carbonyl (C=O) groups excluding carboxylic acids is 1. The van der Waals surface area contributed by atoms with Crippen molar-refractivity contribution < 1.29 is 13.9 Å². The van der Waals surface area contributed by atoms with Gasteiger partial charge in [0, 0.05) is 17.3 Å². The molecule has 1 saturated carbocycles. The number of hydrogen-bond donors (Lipinski definition) is 0. The van der Waals surface area contributed by atoms with Crippen LogP contribution in [-0.4, -0.2) is 22.6 Å². The molecule has 1 aliphatic carbocycles. The van der Waals surface area contributed by atoms with Crippen LogP contribution >= 0.6 is 15.9 Å². The van der Waals surface area contributed by atoms with Gasteiger partial charge in [-0.05, 0) is 59.3 Å². The molecule has 0 unspecified atom stereocenters. The normalized spacial score (nSPS) is 19.9. The fraction of sp³-hybridized carbons (Fsp3) is 0.444. The molecular formula is C18H20BrFN2O2. The summed E-state index contributed by atoms with van der Waals surface area (Å²) >= 11 is 3.25. The van der Waals surface area contributed by atoms with E-state index in [2.05, 4.69) is 25.5 Å². The molecule has 6 heteroatoms. The lowest BCUT2D eigenvalue weighted by Gasteiger charge is -2.35. The largest absolute Gasteiger partial charge is 0.464 e. The molecule has 2 aromatic rings. The number of nitrogens with zero attached hydrogens (tertiary/aromatic N) is 2. The molecule has 1 aromatic heterocycles. The predicted octanol–water partition coefficient (Wildman–Crippen LogP) is 5.01. The number of halogens is 2. The van der Waals surface area contributed by atoms with E-state index in [9.17, 15) is 9.18 Å². The van der Waals surface area contributed by atoms with E-state index in [4.69, 9.17) is 4.74 Å². The third-order valence-electron chi connectivity index (χ3n) is 4.78. The Morgan fingerprint density at radius 3 is 2.67 bits per heavy atom. The van der Waals surface area contributed by atoms with Crippen molar-refractivity contribution >= 4 is 21.9 Å². The average Bonchev–Trinajstić information content (AvgIpc) is 2.74. The Labute approximate surface area is 149 Å². The molecule has 3 aliphatic rings. The van der Waals surface area contributed by atoms with Gasteiger partial charge in [-0.25, -0.2) is 14.2 Å². The number of carbonyl (C=O) groups is 1. The van der Waals surface area contributed by atoms with E-state index in [1.54, 1.807) is 12.1 Å². The number of esters is 1. The van der Waals surface area contributed by atoms with Gasteiger partial charge in [-0.3, -0.25) is 0 Å². The summed E-state index contributed by atoms with van der Waals surface area (Å²) in [5.74, 6) is 0.410. The first-order valence-corrected chi connectivity index (χ1v) is 8.97. The van der Waals surface area contributed by atoms with E-state index in [1.165, 1.54) is 7.11 Å². The first-order chi connectivity index (χ1) is 11.5. The van der Waals surface area contributed by atoms with Crippen LogP contribution in [0.5, 0.6) is 0 Å². The molecule has 0 N–H and O–H groups in total. The lowest BCUT2D eigenvalue weighted by molar-refractivity contribution is 0.0593. The van der Waals surface area contributed by atoms with Crippen LogP contribution in [0.4, 0.5) is 4.39 Å². The van der Waals surface area contributed by atoms with Gasteiger partial charge >= 0.3 is 5.97 Å². The van der Waals surface area contributed by atoms with Crippen LogP contribution in [-0.2, 0) is 4.74 Å². The van der Waals surface area contributed by atoms with E-state index >= 15 is 0 Å². The Balaban J connectivity index is 0.000000815. The van der Waals surface area contributed by atoms with Crippen molar-refractivity contribution in [1.29, 1.82) is 0 Å². The first kappa shape index (κ1) is 17.1. The first-order valence-electron chi connectivity index (χ1n) is 8.17. The van der Waals surface area contributed by atoms with Gasteiger partial charge in [-0.1, -0.05) is 13.8 Å². The highest BCUT2D eigenvalue weighted by Crippen LogP contribution is 2.53. The molecule has 1 fully saturated rings. The number of methoxy groups -OCH3 is 1. The van der Waals surface area contributed by atoms with Crippen molar-refractivity contribution in [2.75, 3.05) is 7.11 Å². The van der Waals surface area contributed by atoms with Crippen LogP contribution in [0.3, 0.4) is 0 Å². The third-order valence-corrected chi connectivity index (χ3v) is 5.39. The Morgan fingerprint density at radius 1 is 1.38 bits per heavy atom. The molecule has 1 aromatic carbocycles. The number of ether oxygens (including phenoxy) is 1. The SMILES string of the molecule is CC.COC(=O)c1nc2n(c1C)C1CC(C1)c1cc(F)c(Br)cc1-2. The van der Waals surface area contributed by atoms with Crippen molar-refractivity contribution in [1.82, 2.24) is 9.55 Å². The zero-order chi connectivity index (χ0) is 17.6. The van der Waals surface area contributed by atoms with Gasteiger partial charge < -0.3 is 9.30 Å². The number of hydrogen-bond acceptors (Lipinski definition) is 3. The zero-order valence-corrected chi connectivity index (χ0v) is 15.8. The Kier molecular flexibility index (Phi) is 4.51. The van der Waals surface area contributed by atoms with Gasteiger partial charge in [0.15, 0.2) is 5.69 Å². The number of imidazole rings is 1. The third kappa shape index (κ3) is 2.39. The number of benzene rings is 1. The van der Waals surface area contributed by atoms with E-state index < -0.39 is 5.97 Å². The summed E-state index contributed by atoms with van der Waals surface area (Å²) < 4.78 is 21.3. The van der Waals surface area contributed by atoms with E-state index in [0.717, 1.165) is 35.5 Å². The fourth-order valence-electron chi connectivity index (χ4n) is 3.59. The summed E-state index contributed by atoms with van der Waals surface area (Å²) in [6.45, 7) is 5.89. The topological polar surface area (TPSA) is 44.1 Å². The molecule has 0 spiro atoms. The summed E-state index contributed by atoms with van der Waals surface area (Å²) in [4.78, 5) is 16.4. The molecule has 5 rings (SSSR count). The molecule has 3 heterocycles. The molecular weight excluding hydrogens is 375 g/mol. The summed E-state index contributed by atoms with van der Waals surface area (Å²) in [5.41, 5.74) is 3.04. The van der Waals surface area contributed by atoms with E-state index in [-0.39, 0.29) is 5.82 Å². The smallest absolute Gasteiger partial charge is 0.358 e. The van der Waals surface area contributed by atoms with Gasteiger partial charge in [0.05, 0.1) is 11.6 Å². The Morgan fingerprint density at radius 2 is 2.04 bits per heavy atom. The van der Waals surface area contributed by atoms with Crippen molar-refractivity contribution in [2.45, 2.75) is 45.6 Å². The van der Waals surface area contributed by atoms with Gasteiger partial charge in [0.2, 0.25) is 0 Å². The van der Waals surface area contributed by atoms with Crippen molar-refractivity contribution in [2.24, 2.45) is 0 Å². The molecule has 0 saturated heterocycles. The van der Waals surface area contributed by atoms with Crippen LogP contribution in [0.1, 0.15) is 60.4 Å². The summed E-state index contributed by atoms with van der Waals surface area (Å²) in [5, 5.41) is 0. The van der Waals surface area contributed by atoms with Crippen LogP contribution in [0.2, 0.25) is 0 Å². The Hall–Kier alpha value is -1.69. The predicted molar refractivity (Wildman–Crippen MR) is 93.8 cm³/mol. The van der Waals surface area contributed by atoms with E-state index in [1.807, 2.05) is 20.8 Å².